The summed E-state index contributed by atoms with van der Waals surface area (Å²) < 4.78 is 5.52. The Bertz CT molecular complexity index is 486. The highest BCUT2D eigenvalue weighted by Gasteiger charge is 2.19. The van der Waals surface area contributed by atoms with Crippen molar-refractivity contribution >= 4 is 17.5 Å². The molecule has 1 aromatic carbocycles. The maximum Gasteiger partial charge on any atom is 0.240 e. The molecule has 0 aliphatic heterocycles. The van der Waals surface area contributed by atoms with E-state index in [9.17, 15) is 9.59 Å². The molecule has 0 aromatic heterocycles. The highest BCUT2D eigenvalue weighted by Crippen LogP contribution is 2.28. The van der Waals surface area contributed by atoms with Gasteiger partial charge >= 0.3 is 0 Å². The molecule has 0 aliphatic rings. The van der Waals surface area contributed by atoms with Crippen LogP contribution < -0.4 is 15.0 Å². The predicted octanol–water partition coefficient (Wildman–Crippen LogP) is 2.21. The molecule has 0 fully saturated rings. The van der Waals surface area contributed by atoms with E-state index in [1.165, 1.54) is 11.8 Å². The fourth-order valence-electron chi connectivity index (χ4n) is 1.84. The molecule has 0 spiro atoms. The molecule has 5 nitrogen and oxygen atoms in total. The fraction of sp³-hybridized carbons (Fsp3) is 0.500. The van der Waals surface area contributed by atoms with Crippen LogP contribution in [0.1, 0.15) is 27.7 Å². The predicted molar refractivity (Wildman–Crippen MR) is 83.5 cm³/mol. The van der Waals surface area contributed by atoms with Gasteiger partial charge in [-0.2, -0.15) is 0 Å². The standard InChI is InChI=1S/C16H24N2O3/c1-5-21-15-9-7-6-8-14(15)18(13(4)19)11-16(20)17-10-12(2)3/h6-9,12H,5,10-11H2,1-4H3,(H,17,20). The summed E-state index contributed by atoms with van der Waals surface area (Å²) in [6.07, 6.45) is 0. The van der Waals surface area contributed by atoms with Gasteiger partial charge in [-0.1, -0.05) is 26.0 Å². The van der Waals surface area contributed by atoms with Gasteiger partial charge in [0.15, 0.2) is 0 Å². The Morgan fingerprint density at radius 3 is 2.52 bits per heavy atom. The minimum Gasteiger partial charge on any atom is -0.492 e. The molecule has 21 heavy (non-hydrogen) atoms. The highest BCUT2D eigenvalue weighted by atomic mass is 16.5. The van der Waals surface area contributed by atoms with Crippen LogP contribution in [-0.4, -0.2) is 31.5 Å². The van der Waals surface area contributed by atoms with Crippen LogP contribution in [0.5, 0.6) is 5.75 Å². The number of para-hydroxylation sites is 2. The lowest BCUT2D eigenvalue weighted by Crippen LogP contribution is -2.41. The summed E-state index contributed by atoms with van der Waals surface area (Å²) in [7, 11) is 0. The van der Waals surface area contributed by atoms with Crippen LogP contribution >= 0.6 is 0 Å². The molecular weight excluding hydrogens is 268 g/mol. The molecule has 116 valence electrons. The zero-order valence-corrected chi connectivity index (χ0v) is 13.2. The SMILES string of the molecule is CCOc1ccccc1N(CC(=O)NCC(C)C)C(C)=O. The van der Waals surface area contributed by atoms with E-state index in [2.05, 4.69) is 5.32 Å². The largest absolute Gasteiger partial charge is 0.492 e. The second-order valence-corrected chi connectivity index (χ2v) is 5.20. The van der Waals surface area contributed by atoms with E-state index in [0.29, 0.717) is 30.5 Å². The summed E-state index contributed by atoms with van der Waals surface area (Å²) in [5.74, 6) is 0.606. The van der Waals surface area contributed by atoms with Gasteiger partial charge in [0.1, 0.15) is 12.3 Å². The maximum absolute atomic E-state index is 12.0. The smallest absolute Gasteiger partial charge is 0.240 e. The van der Waals surface area contributed by atoms with Gasteiger partial charge in [0, 0.05) is 13.5 Å². The molecule has 1 aromatic rings. The zero-order valence-electron chi connectivity index (χ0n) is 13.2. The monoisotopic (exact) mass is 292 g/mol. The molecule has 0 radical (unpaired) electrons. The van der Waals surface area contributed by atoms with Gasteiger partial charge in [0.2, 0.25) is 11.8 Å². The molecule has 2 amide bonds. The lowest BCUT2D eigenvalue weighted by molar-refractivity contribution is -0.123. The first-order valence-electron chi connectivity index (χ1n) is 7.22. The first-order chi connectivity index (χ1) is 9.95. The second kappa shape index (κ2) is 8.29. The summed E-state index contributed by atoms with van der Waals surface area (Å²) in [4.78, 5) is 25.3. The number of rotatable bonds is 7. The Morgan fingerprint density at radius 2 is 1.95 bits per heavy atom. The first-order valence-corrected chi connectivity index (χ1v) is 7.22. The Hall–Kier alpha value is -2.04. The van der Waals surface area contributed by atoms with Crippen molar-refractivity contribution in [3.63, 3.8) is 0 Å². The molecule has 0 aliphatic carbocycles. The first kappa shape index (κ1) is 17.0. The average molecular weight is 292 g/mol. The summed E-state index contributed by atoms with van der Waals surface area (Å²) >= 11 is 0. The minimum absolute atomic E-state index is 0.00780. The van der Waals surface area contributed by atoms with Gasteiger partial charge in [-0.3, -0.25) is 14.5 Å². The number of anilines is 1. The van der Waals surface area contributed by atoms with Crippen LogP contribution in [0.25, 0.3) is 0 Å². The van der Waals surface area contributed by atoms with Crippen LogP contribution in [0.2, 0.25) is 0 Å². The number of hydrogen-bond acceptors (Lipinski definition) is 3. The van der Waals surface area contributed by atoms with Crippen LogP contribution in [0.3, 0.4) is 0 Å². The van der Waals surface area contributed by atoms with Crippen LogP contribution in [0, 0.1) is 5.92 Å². The lowest BCUT2D eigenvalue weighted by atomic mass is 10.2. The third-order valence-corrected chi connectivity index (χ3v) is 2.85. The van der Waals surface area contributed by atoms with Gasteiger partial charge in [0.25, 0.3) is 0 Å². The number of carbonyl (C=O) groups excluding carboxylic acids is 2. The zero-order chi connectivity index (χ0) is 15.8. The normalized spacial score (nSPS) is 10.3. The molecular formula is C16H24N2O3. The Balaban J connectivity index is 2.87. The van der Waals surface area contributed by atoms with Crippen molar-refractivity contribution < 1.29 is 14.3 Å². The van der Waals surface area contributed by atoms with E-state index in [1.54, 1.807) is 12.1 Å². The van der Waals surface area contributed by atoms with E-state index in [0.717, 1.165) is 0 Å². The molecule has 0 saturated carbocycles. The summed E-state index contributed by atoms with van der Waals surface area (Å²) in [6.45, 7) is 8.45. The van der Waals surface area contributed by atoms with Gasteiger partial charge < -0.3 is 10.1 Å². The third-order valence-electron chi connectivity index (χ3n) is 2.85. The molecule has 0 bridgehead atoms. The number of benzene rings is 1. The van der Waals surface area contributed by atoms with Crippen molar-refractivity contribution in [2.75, 3.05) is 24.6 Å². The highest BCUT2D eigenvalue weighted by molar-refractivity contribution is 5.98. The van der Waals surface area contributed by atoms with Gasteiger partial charge in [-0.15, -0.1) is 0 Å². The van der Waals surface area contributed by atoms with Crippen molar-refractivity contribution in [2.45, 2.75) is 27.7 Å². The van der Waals surface area contributed by atoms with Gasteiger partial charge in [-0.05, 0) is 25.0 Å². The number of ether oxygens (including phenoxy) is 1. The average Bonchev–Trinajstić information content (AvgIpc) is 2.43. The Kier molecular flexibility index (Phi) is 6.72. The number of carbonyl (C=O) groups is 2. The summed E-state index contributed by atoms with van der Waals surface area (Å²) in [5, 5.41) is 2.82. The topological polar surface area (TPSA) is 58.6 Å². The minimum atomic E-state index is -0.193. The maximum atomic E-state index is 12.0. The second-order valence-electron chi connectivity index (χ2n) is 5.20. The van der Waals surface area contributed by atoms with Crippen LogP contribution in [-0.2, 0) is 9.59 Å². The Labute approximate surface area is 126 Å². The molecule has 0 saturated heterocycles. The van der Waals surface area contributed by atoms with Crippen molar-refractivity contribution in [1.82, 2.24) is 5.32 Å². The van der Waals surface area contributed by atoms with Crippen LogP contribution in [0.4, 0.5) is 5.69 Å². The van der Waals surface area contributed by atoms with Crippen molar-refractivity contribution in [3.05, 3.63) is 24.3 Å². The molecule has 1 rings (SSSR count). The summed E-state index contributed by atoms with van der Waals surface area (Å²) in [5.41, 5.74) is 0.617. The number of nitrogens with zero attached hydrogens (tertiary/aromatic N) is 1. The van der Waals surface area contributed by atoms with E-state index in [4.69, 9.17) is 4.74 Å². The summed E-state index contributed by atoms with van der Waals surface area (Å²) in [6, 6.07) is 7.23. The van der Waals surface area contributed by atoms with Crippen LogP contribution in [0.15, 0.2) is 24.3 Å². The molecule has 0 atom stereocenters. The Morgan fingerprint density at radius 1 is 1.29 bits per heavy atom. The number of hydrogen-bond donors (Lipinski definition) is 1. The molecule has 1 N–H and O–H groups in total. The van der Waals surface area contributed by atoms with Crippen molar-refractivity contribution in [1.29, 1.82) is 0 Å². The third kappa shape index (κ3) is 5.45. The van der Waals surface area contributed by atoms with Crippen molar-refractivity contribution in [2.24, 2.45) is 5.92 Å². The fourth-order valence-corrected chi connectivity index (χ4v) is 1.84. The van der Waals surface area contributed by atoms with E-state index in [-0.39, 0.29) is 18.4 Å². The quantitative estimate of drug-likeness (QED) is 0.838. The molecule has 0 heterocycles. The van der Waals surface area contributed by atoms with E-state index < -0.39 is 0 Å². The number of nitrogens with one attached hydrogen (secondary N) is 1. The molecule has 0 unspecified atom stereocenters. The van der Waals surface area contributed by atoms with E-state index >= 15 is 0 Å². The van der Waals surface area contributed by atoms with Gasteiger partial charge in [0.05, 0.1) is 12.3 Å². The number of amides is 2. The lowest BCUT2D eigenvalue weighted by Gasteiger charge is -2.23. The van der Waals surface area contributed by atoms with Gasteiger partial charge in [-0.25, -0.2) is 0 Å². The van der Waals surface area contributed by atoms with Crippen molar-refractivity contribution in [3.8, 4) is 5.75 Å². The molecule has 5 heteroatoms. The van der Waals surface area contributed by atoms with E-state index in [1.807, 2.05) is 32.9 Å².